The number of fused-ring (bicyclic) bond motifs is 1. The summed E-state index contributed by atoms with van der Waals surface area (Å²) in [5.41, 5.74) is 1.80. The Morgan fingerprint density at radius 3 is 2.34 bits per heavy atom. The largest absolute Gasteiger partial charge is 0.350 e. The van der Waals surface area contributed by atoms with Crippen LogP contribution in [0, 0.1) is 12.7 Å². The molecule has 9 heteroatoms. The fourth-order valence-corrected chi connectivity index (χ4v) is 3.46. The second-order valence-corrected chi connectivity index (χ2v) is 7.69. The van der Waals surface area contributed by atoms with Crippen molar-refractivity contribution >= 4 is 16.9 Å². The highest BCUT2D eigenvalue weighted by atomic mass is 19.1. The number of carbonyl (C=O) groups is 1. The average molecular weight is 435 g/mol. The Kier molecular flexibility index (Phi) is 5.72. The van der Waals surface area contributed by atoms with Crippen molar-refractivity contribution in [2.45, 2.75) is 26.6 Å². The van der Waals surface area contributed by atoms with E-state index >= 15 is 0 Å². The third-order valence-corrected chi connectivity index (χ3v) is 5.18. The summed E-state index contributed by atoms with van der Waals surface area (Å²) >= 11 is 0. The number of benzene rings is 2. The Hall–Kier alpha value is -4.01. The maximum absolute atomic E-state index is 13.2. The van der Waals surface area contributed by atoms with Gasteiger partial charge in [-0.25, -0.2) is 9.18 Å². The van der Waals surface area contributed by atoms with Crippen molar-refractivity contribution in [2.24, 2.45) is 7.05 Å². The fourth-order valence-electron chi connectivity index (χ4n) is 3.46. The molecule has 4 aromatic rings. The number of nitrogens with zero attached hydrogens (tertiary/aromatic N) is 4. The molecule has 2 aromatic carbocycles. The summed E-state index contributed by atoms with van der Waals surface area (Å²) in [6, 6.07) is 13.3. The van der Waals surface area contributed by atoms with Crippen molar-refractivity contribution in [1.82, 2.24) is 24.2 Å². The minimum absolute atomic E-state index is 0.0601. The van der Waals surface area contributed by atoms with E-state index in [0.717, 1.165) is 15.7 Å². The van der Waals surface area contributed by atoms with E-state index in [4.69, 9.17) is 0 Å². The van der Waals surface area contributed by atoms with Gasteiger partial charge in [-0.2, -0.15) is 5.10 Å². The topological polar surface area (TPSA) is 90.9 Å². The van der Waals surface area contributed by atoms with E-state index in [1.807, 2.05) is 31.2 Å². The third-order valence-electron chi connectivity index (χ3n) is 5.18. The molecule has 0 unspecified atom stereocenters. The fraction of sp³-hybridized carbons (Fsp3) is 0.217. The lowest BCUT2D eigenvalue weighted by atomic mass is 10.1. The second kappa shape index (κ2) is 8.62. The molecule has 2 aromatic heterocycles. The molecule has 0 aliphatic rings. The molecule has 2 heterocycles. The molecule has 0 saturated heterocycles. The van der Waals surface area contributed by atoms with Crippen LogP contribution in [-0.4, -0.2) is 24.8 Å². The molecular weight excluding hydrogens is 413 g/mol. The average Bonchev–Trinajstić information content (AvgIpc) is 3.17. The maximum atomic E-state index is 13.2. The Balaban J connectivity index is 1.66. The summed E-state index contributed by atoms with van der Waals surface area (Å²) in [7, 11) is 1.63. The molecule has 0 radical (unpaired) electrons. The van der Waals surface area contributed by atoms with Crippen LogP contribution >= 0.6 is 0 Å². The molecule has 1 N–H and O–H groups in total. The zero-order valence-electron chi connectivity index (χ0n) is 17.7. The highest BCUT2D eigenvalue weighted by Gasteiger charge is 2.18. The van der Waals surface area contributed by atoms with Crippen LogP contribution in [0.5, 0.6) is 0 Å². The van der Waals surface area contributed by atoms with Gasteiger partial charge in [0.25, 0.3) is 5.56 Å². The predicted molar refractivity (Wildman–Crippen MR) is 118 cm³/mol. The van der Waals surface area contributed by atoms with Gasteiger partial charge in [0.1, 0.15) is 12.4 Å². The van der Waals surface area contributed by atoms with Crippen molar-refractivity contribution in [3.63, 3.8) is 0 Å². The normalized spacial score (nSPS) is 11.1. The highest BCUT2D eigenvalue weighted by Crippen LogP contribution is 2.08. The number of carbonyl (C=O) groups excluding carboxylic acids is 1. The first-order valence-electron chi connectivity index (χ1n) is 10.1. The van der Waals surface area contributed by atoms with E-state index in [1.165, 1.54) is 39.7 Å². The molecule has 0 atom stereocenters. The van der Waals surface area contributed by atoms with Crippen molar-refractivity contribution in [1.29, 1.82) is 0 Å². The van der Waals surface area contributed by atoms with E-state index in [0.29, 0.717) is 12.1 Å². The molecular formula is C23H22FN5O3. The summed E-state index contributed by atoms with van der Waals surface area (Å²) in [5, 5.41) is 6.97. The van der Waals surface area contributed by atoms with E-state index in [-0.39, 0.29) is 30.0 Å². The monoisotopic (exact) mass is 435 g/mol. The van der Waals surface area contributed by atoms with Crippen molar-refractivity contribution < 1.29 is 9.18 Å². The van der Waals surface area contributed by atoms with Crippen LogP contribution < -0.4 is 16.6 Å². The molecule has 0 aliphatic heterocycles. The lowest BCUT2D eigenvalue weighted by Gasteiger charge is -2.12. The van der Waals surface area contributed by atoms with Gasteiger partial charge in [-0.05, 0) is 30.2 Å². The molecule has 0 saturated carbocycles. The zero-order chi connectivity index (χ0) is 22.8. The summed E-state index contributed by atoms with van der Waals surface area (Å²) < 4.78 is 16.9. The van der Waals surface area contributed by atoms with E-state index in [2.05, 4.69) is 10.4 Å². The van der Waals surface area contributed by atoms with Crippen molar-refractivity contribution in [3.05, 3.63) is 98.1 Å². The first kappa shape index (κ1) is 21.2. The van der Waals surface area contributed by atoms with E-state index < -0.39 is 17.1 Å². The number of amides is 1. The Labute approximate surface area is 182 Å². The lowest BCUT2D eigenvalue weighted by molar-refractivity contribution is -0.121. The van der Waals surface area contributed by atoms with Crippen LogP contribution in [0.3, 0.4) is 0 Å². The van der Waals surface area contributed by atoms with Gasteiger partial charge in [-0.15, -0.1) is 0 Å². The SMILES string of the molecule is Cc1ccc(CNC(=O)Cn2c(=O)n(Cc3ccc(F)cc3)c(=O)c3nn(C)cc32)cc1. The van der Waals surface area contributed by atoms with Gasteiger partial charge in [-0.3, -0.25) is 23.4 Å². The van der Waals surface area contributed by atoms with Gasteiger partial charge in [0, 0.05) is 19.8 Å². The summed E-state index contributed by atoms with van der Waals surface area (Å²) in [5.74, 6) is -0.784. The number of hydrogen-bond donors (Lipinski definition) is 1. The number of halogens is 1. The van der Waals surface area contributed by atoms with Crippen LogP contribution in [0.1, 0.15) is 16.7 Å². The lowest BCUT2D eigenvalue weighted by Crippen LogP contribution is -2.42. The number of hydrogen-bond acceptors (Lipinski definition) is 4. The number of aryl methyl sites for hydroxylation is 2. The summed E-state index contributed by atoms with van der Waals surface area (Å²) in [6.45, 7) is 1.97. The van der Waals surface area contributed by atoms with Gasteiger partial charge in [0.2, 0.25) is 5.91 Å². The Morgan fingerprint density at radius 2 is 1.66 bits per heavy atom. The summed E-state index contributed by atoms with van der Waals surface area (Å²) in [4.78, 5) is 38.7. The number of aromatic nitrogens is 4. The molecule has 0 fully saturated rings. The molecule has 0 aliphatic carbocycles. The van der Waals surface area contributed by atoms with Crippen LogP contribution in [0.4, 0.5) is 4.39 Å². The van der Waals surface area contributed by atoms with Crippen LogP contribution in [0.25, 0.3) is 11.0 Å². The van der Waals surface area contributed by atoms with Crippen LogP contribution in [0.2, 0.25) is 0 Å². The van der Waals surface area contributed by atoms with Gasteiger partial charge < -0.3 is 5.32 Å². The smallest absolute Gasteiger partial charge is 0.332 e. The first-order valence-corrected chi connectivity index (χ1v) is 10.1. The van der Waals surface area contributed by atoms with Crippen molar-refractivity contribution in [2.75, 3.05) is 0 Å². The van der Waals surface area contributed by atoms with Gasteiger partial charge >= 0.3 is 5.69 Å². The Bertz CT molecular complexity index is 1400. The molecule has 32 heavy (non-hydrogen) atoms. The molecule has 4 rings (SSSR count). The zero-order valence-corrected chi connectivity index (χ0v) is 17.7. The first-order chi connectivity index (χ1) is 15.3. The van der Waals surface area contributed by atoms with Gasteiger partial charge in [0.15, 0.2) is 5.52 Å². The Morgan fingerprint density at radius 1 is 1.00 bits per heavy atom. The maximum Gasteiger partial charge on any atom is 0.332 e. The minimum atomic E-state index is -0.634. The predicted octanol–water partition coefficient (Wildman–Crippen LogP) is 1.71. The molecule has 0 bridgehead atoms. The quantitative estimate of drug-likeness (QED) is 0.499. The van der Waals surface area contributed by atoms with Gasteiger partial charge in [0.05, 0.1) is 12.1 Å². The molecule has 8 nitrogen and oxygen atoms in total. The van der Waals surface area contributed by atoms with Crippen LogP contribution in [-0.2, 0) is 31.5 Å². The van der Waals surface area contributed by atoms with E-state index in [1.54, 1.807) is 7.05 Å². The highest BCUT2D eigenvalue weighted by molar-refractivity contribution is 5.79. The molecule has 0 spiro atoms. The molecule has 164 valence electrons. The standard InChI is InChI=1S/C23H22FN5O3/c1-15-3-5-16(6-4-15)11-25-20(30)14-28-19-13-27(2)26-21(19)22(31)29(23(28)32)12-17-7-9-18(24)10-8-17/h3-10,13H,11-12,14H2,1-2H3,(H,25,30). The molecule has 1 amide bonds. The van der Waals surface area contributed by atoms with Gasteiger partial charge in [-0.1, -0.05) is 42.0 Å². The third kappa shape index (κ3) is 4.36. The van der Waals surface area contributed by atoms with Crippen molar-refractivity contribution in [3.8, 4) is 0 Å². The number of rotatable bonds is 6. The number of nitrogens with one attached hydrogen (secondary N) is 1. The van der Waals surface area contributed by atoms with E-state index in [9.17, 15) is 18.8 Å². The second-order valence-electron chi connectivity index (χ2n) is 7.69. The minimum Gasteiger partial charge on any atom is -0.350 e. The van der Waals surface area contributed by atoms with Crippen LogP contribution in [0.15, 0.2) is 64.3 Å². The summed E-state index contributed by atoms with van der Waals surface area (Å²) in [6.07, 6.45) is 1.54.